The fourth-order valence-electron chi connectivity index (χ4n) is 3.30. The van der Waals surface area contributed by atoms with E-state index in [9.17, 15) is 4.79 Å². The molecule has 1 rings (SSSR count). The highest BCUT2D eigenvalue weighted by atomic mass is 16.5. The Kier molecular flexibility index (Phi) is 10.4. The standard InChI is InChI=1S/C26H46N2O2/c1-9-19(4)23(27)24(29)28-16-12-13-17-30-22-15-14-20(25(5,6)10-2)18-21(22)26(7,8)11-3/h14-15,18-19,23H,9-13,16-17,27H2,1-8H3,(H,28,29)/p+1/t19-,23+/m0/s1. The lowest BCUT2D eigenvalue weighted by atomic mass is 9.76. The van der Waals surface area contributed by atoms with Crippen LogP contribution in [0.5, 0.6) is 5.75 Å². The topological polar surface area (TPSA) is 66.0 Å². The molecule has 1 amide bonds. The number of amides is 1. The number of quaternary nitrogens is 1. The molecule has 0 heterocycles. The van der Waals surface area contributed by atoms with Crippen LogP contribution in [0.25, 0.3) is 0 Å². The van der Waals surface area contributed by atoms with Crippen molar-refractivity contribution in [1.29, 1.82) is 0 Å². The lowest BCUT2D eigenvalue weighted by Crippen LogP contribution is -2.70. The normalized spacial score (nSPS) is 14.3. The van der Waals surface area contributed by atoms with E-state index in [1.807, 2.05) is 0 Å². The predicted molar refractivity (Wildman–Crippen MR) is 127 cm³/mol. The molecule has 0 spiro atoms. The van der Waals surface area contributed by atoms with Gasteiger partial charge in [0.25, 0.3) is 5.91 Å². The molecule has 4 N–H and O–H groups in total. The molecule has 0 saturated carbocycles. The maximum absolute atomic E-state index is 12.1. The van der Waals surface area contributed by atoms with Crippen molar-refractivity contribution >= 4 is 5.91 Å². The SMILES string of the molecule is CC[C@H](C)[C@@H]([NH3+])C(=O)NCCCCOc1ccc(C(C)(C)CC)cc1C(C)(C)CC. The van der Waals surface area contributed by atoms with Gasteiger partial charge in [-0.25, -0.2) is 0 Å². The maximum atomic E-state index is 12.1. The Morgan fingerprint density at radius 3 is 2.27 bits per heavy atom. The van der Waals surface area contributed by atoms with E-state index in [0.717, 1.165) is 37.9 Å². The summed E-state index contributed by atoms with van der Waals surface area (Å²) in [4.78, 5) is 12.1. The summed E-state index contributed by atoms with van der Waals surface area (Å²) in [6.45, 7) is 19.2. The summed E-state index contributed by atoms with van der Waals surface area (Å²) in [6, 6.07) is 6.56. The van der Waals surface area contributed by atoms with Crippen LogP contribution >= 0.6 is 0 Å². The Bertz CT molecular complexity index is 667. The van der Waals surface area contributed by atoms with E-state index in [1.165, 1.54) is 11.1 Å². The number of rotatable bonds is 13. The van der Waals surface area contributed by atoms with Crippen LogP contribution in [0.4, 0.5) is 0 Å². The molecule has 0 bridgehead atoms. The Hall–Kier alpha value is -1.55. The van der Waals surface area contributed by atoms with Crippen LogP contribution in [-0.4, -0.2) is 25.1 Å². The van der Waals surface area contributed by atoms with Crippen LogP contribution in [0.3, 0.4) is 0 Å². The minimum Gasteiger partial charge on any atom is -0.493 e. The third kappa shape index (κ3) is 7.30. The Morgan fingerprint density at radius 2 is 1.70 bits per heavy atom. The third-order valence-corrected chi connectivity index (χ3v) is 7.05. The van der Waals surface area contributed by atoms with Gasteiger partial charge in [0.05, 0.1) is 6.61 Å². The van der Waals surface area contributed by atoms with Gasteiger partial charge >= 0.3 is 0 Å². The fourth-order valence-corrected chi connectivity index (χ4v) is 3.30. The van der Waals surface area contributed by atoms with Crippen molar-refractivity contribution in [2.45, 2.75) is 104 Å². The average Bonchev–Trinajstić information content (AvgIpc) is 2.74. The molecule has 2 atom stereocenters. The molecule has 0 fully saturated rings. The molecule has 0 aliphatic carbocycles. The number of unbranched alkanes of at least 4 members (excludes halogenated alkanes) is 1. The Morgan fingerprint density at radius 1 is 1.07 bits per heavy atom. The van der Waals surface area contributed by atoms with Gasteiger partial charge in [-0.1, -0.05) is 67.5 Å². The van der Waals surface area contributed by atoms with E-state index < -0.39 is 0 Å². The summed E-state index contributed by atoms with van der Waals surface area (Å²) < 4.78 is 6.21. The van der Waals surface area contributed by atoms with Crippen LogP contribution in [0.15, 0.2) is 18.2 Å². The quantitative estimate of drug-likeness (QED) is 0.442. The molecular formula is C26H47N2O2+. The van der Waals surface area contributed by atoms with E-state index in [0.29, 0.717) is 19.1 Å². The highest BCUT2D eigenvalue weighted by Gasteiger charge is 2.26. The number of ether oxygens (including phenoxy) is 1. The number of hydrogen-bond donors (Lipinski definition) is 2. The van der Waals surface area contributed by atoms with Gasteiger partial charge in [-0.2, -0.15) is 0 Å². The largest absolute Gasteiger partial charge is 0.493 e. The first kappa shape index (κ1) is 26.5. The first-order valence-electron chi connectivity index (χ1n) is 11.9. The van der Waals surface area contributed by atoms with Gasteiger partial charge in [0.15, 0.2) is 6.04 Å². The minimum absolute atomic E-state index is 0.0615. The van der Waals surface area contributed by atoms with Gasteiger partial charge in [-0.05, 0) is 54.6 Å². The molecule has 0 aliphatic rings. The summed E-state index contributed by atoms with van der Waals surface area (Å²) >= 11 is 0. The zero-order chi connectivity index (χ0) is 22.9. The van der Waals surface area contributed by atoms with Gasteiger partial charge < -0.3 is 15.8 Å². The fraction of sp³-hybridized carbons (Fsp3) is 0.731. The van der Waals surface area contributed by atoms with E-state index in [2.05, 4.69) is 84.6 Å². The lowest BCUT2D eigenvalue weighted by Gasteiger charge is -2.30. The highest BCUT2D eigenvalue weighted by Crippen LogP contribution is 2.38. The van der Waals surface area contributed by atoms with Crippen molar-refractivity contribution in [1.82, 2.24) is 5.32 Å². The molecule has 30 heavy (non-hydrogen) atoms. The van der Waals surface area contributed by atoms with Gasteiger partial charge in [0.1, 0.15) is 5.75 Å². The smallest absolute Gasteiger partial charge is 0.278 e. The summed E-state index contributed by atoms with van der Waals surface area (Å²) in [6.07, 6.45) is 4.97. The van der Waals surface area contributed by atoms with E-state index >= 15 is 0 Å². The summed E-state index contributed by atoms with van der Waals surface area (Å²) in [5, 5.41) is 3.01. The van der Waals surface area contributed by atoms with Crippen molar-refractivity contribution in [3.63, 3.8) is 0 Å². The summed E-state index contributed by atoms with van der Waals surface area (Å²) in [5.41, 5.74) is 6.91. The second kappa shape index (κ2) is 11.7. The molecule has 0 aliphatic heterocycles. The van der Waals surface area contributed by atoms with E-state index in [-0.39, 0.29) is 22.8 Å². The van der Waals surface area contributed by atoms with E-state index in [1.54, 1.807) is 0 Å². The minimum atomic E-state index is -0.170. The van der Waals surface area contributed by atoms with Gasteiger partial charge in [0, 0.05) is 18.0 Å². The second-order valence-electron chi connectivity index (χ2n) is 10.0. The van der Waals surface area contributed by atoms with Gasteiger partial charge in [0.2, 0.25) is 0 Å². The lowest BCUT2D eigenvalue weighted by molar-refractivity contribution is -0.415. The molecule has 0 aromatic heterocycles. The predicted octanol–water partition coefficient (Wildman–Crippen LogP) is 4.99. The number of carbonyl (C=O) groups excluding carboxylic acids is 1. The molecule has 1 aromatic carbocycles. The number of hydrogen-bond acceptors (Lipinski definition) is 2. The summed E-state index contributed by atoms with van der Waals surface area (Å²) in [7, 11) is 0. The van der Waals surface area contributed by atoms with Crippen molar-refractivity contribution in [2.75, 3.05) is 13.2 Å². The highest BCUT2D eigenvalue weighted by molar-refractivity contribution is 5.80. The maximum Gasteiger partial charge on any atom is 0.278 e. The molecule has 4 heteroatoms. The Labute approximate surface area is 185 Å². The number of benzene rings is 1. The van der Waals surface area contributed by atoms with Crippen LogP contribution in [0.1, 0.15) is 98.6 Å². The number of nitrogens with one attached hydrogen (secondary N) is 1. The van der Waals surface area contributed by atoms with Crippen molar-refractivity contribution in [3.05, 3.63) is 29.3 Å². The molecule has 1 aromatic rings. The molecule has 4 nitrogen and oxygen atoms in total. The van der Waals surface area contributed by atoms with Crippen LogP contribution in [0.2, 0.25) is 0 Å². The zero-order valence-electron chi connectivity index (χ0n) is 20.9. The van der Waals surface area contributed by atoms with Crippen LogP contribution in [0, 0.1) is 5.92 Å². The molecule has 0 saturated heterocycles. The zero-order valence-corrected chi connectivity index (χ0v) is 20.9. The first-order chi connectivity index (χ1) is 14.0. The van der Waals surface area contributed by atoms with E-state index in [4.69, 9.17) is 4.74 Å². The van der Waals surface area contributed by atoms with Crippen molar-refractivity contribution in [2.24, 2.45) is 5.92 Å². The van der Waals surface area contributed by atoms with Crippen LogP contribution in [-0.2, 0) is 15.6 Å². The molecule has 0 unspecified atom stereocenters. The average molecular weight is 420 g/mol. The number of carbonyl (C=O) groups is 1. The van der Waals surface area contributed by atoms with Crippen molar-refractivity contribution < 1.29 is 15.3 Å². The van der Waals surface area contributed by atoms with Gasteiger partial charge in [-0.15, -0.1) is 0 Å². The summed E-state index contributed by atoms with van der Waals surface area (Å²) in [5.74, 6) is 1.37. The third-order valence-electron chi connectivity index (χ3n) is 7.05. The van der Waals surface area contributed by atoms with Crippen molar-refractivity contribution in [3.8, 4) is 5.75 Å². The molecule has 0 radical (unpaired) electrons. The van der Waals surface area contributed by atoms with Crippen LogP contribution < -0.4 is 15.8 Å². The monoisotopic (exact) mass is 419 g/mol. The molecule has 172 valence electrons. The van der Waals surface area contributed by atoms with Gasteiger partial charge in [-0.3, -0.25) is 4.79 Å². The second-order valence-corrected chi connectivity index (χ2v) is 10.0. The molecular weight excluding hydrogens is 372 g/mol. The first-order valence-corrected chi connectivity index (χ1v) is 11.9. The Balaban J connectivity index is 2.66.